The Bertz CT molecular complexity index is 729. The highest BCUT2D eigenvalue weighted by atomic mass is 32.2. The number of thioether (sulfide) groups is 1. The van der Waals surface area contributed by atoms with E-state index in [0.29, 0.717) is 32.7 Å². The summed E-state index contributed by atoms with van der Waals surface area (Å²) in [4.78, 5) is 23.1. The molecule has 9 heteroatoms. The number of nitrogens with zero attached hydrogens (tertiary/aromatic N) is 5. The van der Waals surface area contributed by atoms with Gasteiger partial charge in [-0.25, -0.2) is 14.6 Å². The van der Waals surface area contributed by atoms with E-state index in [1.54, 1.807) is 11.8 Å². The van der Waals surface area contributed by atoms with Crippen molar-refractivity contribution in [1.29, 1.82) is 0 Å². The van der Waals surface area contributed by atoms with Gasteiger partial charge in [0.25, 0.3) is 0 Å². The van der Waals surface area contributed by atoms with Crippen molar-refractivity contribution in [2.24, 2.45) is 0 Å². The predicted molar refractivity (Wildman–Crippen MR) is 98.1 cm³/mol. The van der Waals surface area contributed by atoms with Crippen LogP contribution in [0.1, 0.15) is 20.3 Å². The second kappa shape index (κ2) is 8.48. The number of carbonyl (C=O) groups excluding carboxylic acids is 1. The lowest BCUT2D eigenvalue weighted by atomic mass is 10.3. The maximum Gasteiger partial charge on any atom is 0.219 e. The molecule has 0 spiro atoms. The molecule has 0 aliphatic carbocycles. The number of nitrogens with one attached hydrogen (secondary N) is 1. The van der Waals surface area contributed by atoms with Crippen molar-refractivity contribution >= 4 is 34.5 Å². The molecule has 0 atom stereocenters. The van der Waals surface area contributed by atoms with Gasteiger partial charge in [0.05, 0.1) is 31.3 Å². The van der Waals surface area contributed by atoms with Gasteiger partial charge in [0.2, 0.25) is 5.91 Å². The predicted octanol–water partition coefficient (Wildman–Crippen LogP) is 1.30. The Hall–Kier alpha value is -1.87. The summed E-state index contributed by atoms with van der Waals surface area (Å²) in [5, 5.41) is 9.06. The third-order valence-electron chi connectivity index (χ3n) is 4.01. The molecule has 1 aliphatic heterocycles. The molecule has 8 nitrogen and oxygen atoms in total. The van der Waals surface area contributed by atoms with Crippen LogP contribution in [0.4, 0.5) is 5.82 Å². The van der Waals surface area contributed by atoms with E-state index in [9.17, 15) is 4.79 Å². The molecule has 3 heterocycles. The number of morpholine rings is 1. The first-order valence-electron chi connectivity index (χ1n) is 8.68. The second-order valence-electron chi connectivity index (χ2n) is 5.67. The Morgan fingerprint density at radius 2 is 2.12 bits per heavy atom. The molecule has 1 amide bonds. The van der Waals surface area contributed by atoms with Crippen LogP contribution in [-0.4, -0.2) is 64.3 Å². The fourth-order valence-electron chi connectivity index (χ4n) is 2.72. The van der Waals surface area contributed by atoms with Crippen molar-refractivity contribution in [3.8, 4) is 0 Å². The second-order valence-corrected chi connectivity index (χ2v) is 6.90. The smallest absolute Gasteiger partial charge is 0.219 e. The van der Waals surface area contributed by atoms with Crippen LogP contribution in [0, 0.1) is 0 Å². The monoisotopic (exact) mass is 364 g/mol. The highest BCUT2D eigenvalue weighted by Crippen LogP contribution is 2.27. The van der Waals surface area contributed by atoms with Gasteiger partial charge in [-0.15, -0.1) is 0 Å². The number of carbonyl (C=O) groups is 1. The zero-order valence-corrected chi connectivity index (χ0v) is 15.5. The molecule has 1 aliphatic rings. The van der Waals surface area contributed by atoms with E-state index < -0.39 is 0 Å². The molecule has 0 saturated carbocycles. The lowest BCUT2D eigenvalue weighted by Gasteiger charge is -2.28. The molecule has 0 radical (unpaired) electrons. The number of rotatable bonds is 7. The fourth-order valence-corrected chi connectivity index (χ4v) is 3.28. The quantitative estimate of drug-likeness (QED) is 0.585. The Morgan fingerprint density at radius 3 is 2.84 bits per heavy atom. The molecule has 25 heavy (non-hydrogen) atoms. The largest absolute Gasteiger partial charge is 0.378 e. The molecular formula is C16H24N6O2S. The molecule has 2 aromatic rings. The van der Waals surface area contributed by atoms with Crippen LogP contribution in [0.15, 0.2) is 11.4 Å². The summed E-state index contributed by atoms with van der Waals surface area (Å²) in [6.07, 6.45) is 2.31. The van der Waals surface area contributed by atoms with E-state index in [-0.39, 0.29) is 5.91 Å². The number of aromatic nitrogens is 4. The Labute approximate surface area is 151 Å². The van der Waals surface area contributed by atoms with E-state index in [4.69, 9.17) is 9.72 Å². The zero-order valence-electron chi connectivity index (χ0n) is 14.7. The maximum atomic E-state index is 11.4. The number of hydrogen-bond acceptors (Lipinski definition) is 7. The molecule has 0 aromatic carbocycles. The van der Waals surface area contributed by atoms with Crippen LogP contribution in [0.3, 0.4) is 0 Å². The van der Waals surface area contributed by atoms with Crippen molar-refractivity contribution in [2.75, 3.05) is 43.5 Å². The highest BCUT2D eigenvalue weighted by molar-refractivity contribution is 7.99. The van der Waals surface area contributed by atoms with Gasteiger partial charge in [-0.05, 0) is 5.75 Å². The lowest BCUT2D eigenvalue weighted by molar-refractivity contribution is -0.120. The molecule has 1 fully saturated rings. The zero-order chi connectivity index (χ0) is 17.6. The first-order chi connectivity index (χ1) is 12.2. The molecule has 0 unspecified atom stereocenters. The van der Waals surface area contributed by atoms with Gasteiger partial charge in [0.15, 0.2) is 10.8 Å². The Balaban J connectivity index is 1.89. The van der Waals surface area contributed by atoms with E-state index >= 15 is 0 Å². The number of ether oxygens (including phenoxy) is 1. The third kappa shape index (κ3) is 4.21. The third-order valence-corrected chi connectivity index (χ3v) is 4.74. The van der Waals surface area contributed by atoms with Gasteiger partial charge >= 0.3 is 0 Å². The molecule has 3 rings (SSSR count). The topological polar surface area (TPSA) is 85.2 Å². The van der Waals surface area contributed by atoms with E-state index in [0.717, 1.165) is 40.9 Å². The first kappa shape index (κ1) is 17.9. The van der Waals surface area contributed by atoms with E-state index in [1.165, 1.54) is 0 Å². The minimum atomic E-state index is 0.0438. The van der Waals surface area contributed by atoms with Gasteiger partial charge in [-0.3, -0.25) is 4.79 Å². The number of hydrogen-bond donors (Lipinski definition) is 1. The van der Waals surface area contributed by atoms with Gasteiger partial charge < -0.3 is 15.0 Å². The molecule has 0 bridgehead atoms. The van der Waals surface area contributed by atoms with Crippen molar-refractivity contribution in [3.63, 3.8) is 0 Å². The molecule has 1 N–H and O–H groups in total. The first-order valence-corrected chi connectivity index (χ1v) is 9.67. The molecule has 136 valence electrons. The standard InChI is InChI=1S/C16H24N6O2S/c1-3-13(23)17-5-6-22-15-12(11-18-22)14(19-16(20-15)25-4-2)21-7-9-24-10-8-21/h11H,3-10H2,1-2H3,(H,17,23). The lowest BCUT2D eigenvalue weighted by Crippen LogP contribution is -2.37. The van der Waals surface area contributed by atoms with Gasteiger partial charge in [0, 0.05) is 26.1 Å². The summed E-state index contributed by atoms with van der Waals surface area (Å²) in [5.41, 5.74) is 0.818. The summed E-state index contributed by atoms with van der Waals surface area (Å²) in [6, 6.07) is 0. The summed E-state index contributed by atoms with van der Waals surface area (Å²) in [6.45, 7) is 8.11. The number of fused-ring (bicyclic) bond motifs is 1. The van der Waals surface area contributed by atoms with Crippen LogP contribution in [0.5, 0.6) is 0 Å². The maximum absolute atomic E-state index is 11.4. The highest BCUT2D eigenvalue weighted by Gasteiger charge is 2.20. The van der Waals surface area contributed by atoms with Crippen molar-refractivity contribution in [1.82, 2.24) is 25.1 Å². The molecule has 1 saturated heterocycles. The van der Waals surface area contributed by atoms with E-state index in [1.807, 2.05) is 17.8 Å². The van der Waals surface area contributed by atoms with Crippen LogP contribution in [0.25, 0.3) is 11.0 Å². The van der Waals surface area contributed by atoms with Crippen molar-refractivity contribution < 1.29 is 9.53 Å². The summed E-state index contributed by atoms with van der Waals surface area (Å²) in [7, 11) is 0. The summed E-state index contributed by atoms with van der Waals surface area (Å²) >= 11 is 1.62. The summed E-state index contributed by atoms with van der Waals surface area (Å²) < 4.78 is 7.29. The normalized spacial score (nSPS) is 14.9. The summed E-state index contributed by atoms with van der Waals surface area (Å²) in [5.74, 6) is 1.88. The minimum absolute atomic E-state index is 0.0438. The SMILES string of the molecule is CCSc1nc(N2CCOCC2)c2cnn(CCNC(=O)CC)c2n1. The van der Waals surface area contributed by atoms with Crippen molar-refractivity contribution in [2.45, 2.75) is 32.0 Å². The average Bonchev–Trinajstić information content (AvgIpc) is 3.05. The molecular weight excluding hydrogens is 340 g/mol. The van der Waals surface area contributed by atoms with Gasteiger partial charge in [-0.2, -0.15) is 5.10 Å². The van der Waals surface area contributed by atoms with Crippen LogP contribution < -0.4 is 10.2 Å². The Kier molecular flexibility index (Phi) is 6.09. The van der Waals surface area contributed by atoms with Gasteiger partial charge in [-0.1, -0.05) is 25.6 Å². The van der Waals surface area contributed by atoms with Crippen LogP contribution in [-0.2, 0) is 16.1 Å². The Morgan fingerprint density at radius 1 is 1.32 bits per heavy atom. The van der Waals surface area contributed by atoms with Crippen LogP contribution in [0.2, 0.25) is 0 Å². The van der Waals surface area contributed by atoms with Crippen molar-refractivity contribution in [3.05, 3.63) is 6.20 Å². The van der Waals surface area contributed by atoms with Crippen LogP contribution >= 0.6 is 11.8 Å². The fraction of sp³-hybridized carbons (Fsp3) is 0.625. The molecule has 2 aromatic heterocycles. The average molecular weight is 364 g/mol. The minimum Gasteiger partial charge on any atom is -0.378 e. The van der Waals surface area contributed by atoms with Gasteiger partial charge in [0.1, 0.15) is 5.82 Å². The number of amides is 1. The van der Waals surface area contributed by atoms with E-state index in [2.05, 4.69) is 27.2 Å². The number of anilines is 1.